The molecule has 0 radical (unpaired) electrons. The van der Waals surface area contributed by atoms with Gasteiger partial charge in [0, 0.05) is 18.9 Å². The Kier molecular flexibility index (Phi) is 3.10. The highest BCUT2D eigenvalue weighted by Gasteiger charge is 2.33. The van der Waals surface area contributed by atoms with E-state index in [0.717, 1.165) is 30.2 Å². The number of fused-ring (bicyclic) bond motifs is 1. The molecule has 0 saturated heterocycles. The van der Waals surface area contributed by atoms with Crippen molar-refractivity contribution in [1.29, 1.82) is 0 Å². The monoisotopic (exact) mass is 260 g/mol. The van der Waals surface area contributed by atoms with Crippen LogP contribution in [0.3, 0.4) is 0 Å². The molecule has 0 aromatic carbocycles. The number of nitrogens with two attached hydrogens (primary N) is 1. The van der Waals surface area contributed by atoms with Gasteiger partial charge in [-0.3, -0.25) is 4.40 Å². The number of nitrogens with one attached hydrogen (secondary N) is 1. The predicted molar refractivity (Wildman–Crippen MR) is 73.8 cm³/mol. The molecule has 3 rings (SSSR count). The van der Waals surface area contributed by atoms with Crippen LogP contribution < -0.4 is 11.1 Å². The molecule has 1 saturated carbocycles. The van der Waals surface area contributed by atoms with Crippen molar-refractivity contribution >= 4 is 11.5 Å². The van der Waals surface area contributed by atoms with Crippen LogP contribution in [0.25, 0.3) is 5.65 Å². The molecular formula is C13H20N6. The van der Waals surface area contributed by atoms with E-state index in [1.165, 1.54) is 12.8 Å². The number of hydrogen-bond donors (Lipinski definition) is 2. The predicted octanol–water partition coefficient (Wildman–Crippen LogP) is 1.44. The van der Waals surface area contributed by atoms with E-state index in [-0.39, 0.29) is 5.54 Å². The fourth-order valence-electron chi connectivity index (χ4n) is 2.79. The lowest BCUT2D eigenvalue weighted by Crippen LogP contribution is -2.48. The maximum absolute atomic E-state index is 6.02. The van der Waals surface area contributed by atoms with Crippen molar-refractivity contribution in [2.24, 2.45) is 11.7 Å². The molecule has 2 heterocycles. The number of nitrogens with zero attached hydrogens (tertiary/aromatic N) is 4. The molecular weight excluding hydrogens is 240 g/mol. The summed E-state index contributed by atoms with van der Waals surface area (Å²) in [5.74, 6) is 1.57. The van der Waals surface area contributed by atoms with Gasteiger partial charge in [-0.15, -0.1) is 10.2 Å². The minimum Gasteiger partial charge on any atom is -0.360 e. The quantitative estimate of drug-likeness (QED) is 0.873. The topological polar surface area (TPSA) is 81.1 Å². The average Bonchev–Trinajstić information content (AvgIpc) is 2.91. The van der Waals surface area contributed by atoms with Crippen molar-refractivity contribution in [3.05, 3.63) is 18.7 Å². The molecule has 0 amide bonds. The van der Waals surface area contributed by atoms with Crippen molar-refractivity contribution < 1.29 is 0 Å². The maximum atomic E-state index is 6.02. The molecule has 0 bridgehead atoms. The van der Waals surface area contributed by atoms with Gasteiger partial charge in [0.25, 0.3) is 0 Å². The largest absolute Gasteiger partial charge is 0.360 e. The highest BCUT2D eigenvalue weighted by Crippen LogP contribution is 2.34. The van der Waals surface area contributed by atoms with Crippen molar-refractivity contribution in [2.45, 2.75) is 38.1 Å². The average molecular weight is 260 g/mol. The molecule has 19 heavy (non-hydrogen) atoms. The molecule has 1 aliphatic carbocycles. The number of aromatic nitrogens is 4. The standard InChI is InChI=1S/C13H20N6/c1-10-2-4-13(8-14,5-3-10)17-11-12-18-16-9-19(12)7-6-15-11/h6-7,9-10H,2-5,8,14H2,1H3,(H,15,17). The van der Waals surface area contributed by atoms with Crippen LogP contribution in [0.2, 0.25) is 0 Å². The summed E-state index contributed by atoms with van der Waals surface area (Å²) >= 11 is 0. The second-order valence-electron chi connectivity index (χ2n) is 5.63. The smallest absolute Gasteiger partial charge is 0.203 e. The summed E-state index contributed by atoms with van der Waals surface area (Å²) in [7, 11) is 0. The van der Waals surface area contributed by atoms with Crippen LogP contribution >= 0.6 is 0 Å². The van der Waals surface area contributed by atoms with Crippen molar-refractivity contribution in [3.8, 4) is 0 Å². The summed E-state index contributed by atoms with van der Waals surface area (Å²) in [6.07, 6.45) is 9.87. The van der Waals surface area contributed by atoms with Gasteiger partial charge in [0.1, 0.15) is 6.33 Å². The molecule has 3 N–H and O–H groups in total. The van der Waals surface area contributed by atoms with Gasteiger partial charge in [0.05, 0.1) is 5.54 Å². The molecule has 1 fully saturated rings. The van der Waals surface area contributed by atoms with Crippen LogP contribution in [0.15, 0.2) is 18.7 Å². The fourth-order valence-corrected chi connectivity index (χ4v) is 2.79. The van der Waals surface area contributed by atoms with Crippen molar-refractivity contribution in [2.75, 3.05) is 11.9 Å². The van der Waals surface area contributed by atoms with Crippen LogP contribution in [0.4, 0.5) is 5.82 Å². The molecule has 102 valence electrons. The number of hydrogen-bond acceptors (Lipinski definition) is 5. The summed E-state index contributed by atoms with van der Waals surface area (Å²) in [5.41, 5.74) is 6.73. The summed E-state index contributed by atoms with van der Waals surface area (Å²) < 4.78 is 1.87. The first-order valence-electron chi connectivity index (χ1n) is 6.85. The lowest BCUT2D eigenvalue weighted by Gasteiger charge is -2.39. The van der Waals surface area contributed by atoms with Crippen LogP contribution in [0.5, 0.6) is 0 Å². The highest BCUT2D eigenvalue weighted by atomic mass is 15.3. The molecule has 0 spiro atoms. The highest BCUT2D eigenvalue weighted by molar-refractivity contribution is 5.62. The second-order valence-corrected chi connectivity index (χ2v) is 5.63. The van der Waals surface area contributed by atoms with Gasteiger partial charge in [-0.05, 0) is 31.6 Å². The Balaban J connectivity index is 1.88. The third-order valence-electron chi connectivity index (χ3n) is 4.22. The minimum absolute atomic E-state index is 0.0483. The lowest BCUT2D eigenvalue weighted by atomic mass is 9.77. The Morgan fingerprint density at radius 1 is 1.47 bits per heavy atom. The zero-order chi connectivity index (χ0) is 13.3. The van der Waals surface area contributed by atoms with Gasteiger partial charge in [-0.25, -0.2) is 4.98 Å². The van der Waals surface area contributed by atoms with Crippen LogP contribution in [-0.4, -0.2) is 31.7 Å². The Labute approximate surface area is 112 Å². The van der Waals surface area contributed by atoms with E-state index >= 15 is 0 Å². The van der Waals surface area contributed by atoms with E-state index in [2.05, 4.69) is 27.4 Å². The van der Waals surface area contributed by atoms with Crippen molar-refractivity contribution in [1.82, 2.24) is 19.6 Å². The Morgan fingerprint density at radius 3 is 3.00 bits per heavy atom. The van der Waals surface area contributed by atoms with Crippen LogP contribution in [0, 0.1) is 5.92 Å². The summed E-state index contributed by atoms with van der Waals surface area (Å²) in [6, 6.07) is 0. The zero-order valence-electron chi connectivity index (χ0n) is 11.2. The normalized spacial score (nSPS) is 27.6. The third-order valence-corrected chi connectivity index (χ3v) is 4.22. The molecule has 6 nitrogen and oxygen atoms in total. The summed E-state index contributed by atoms with van der Waals surface area (Å²) in [4.78, 5) is 4.40. The first-order chi connectivity index (χ1) is 9.22. The maximum Gasteiger partial charge on any atom is 0.203 e. The summed E-state index contributed by atoms with van der Waals surface area (Å²) in [6.45, 7) is 2.93. The Bertz CT molecular complexity index is 555. The minimum atomic E-state index is -0.0483. The molecule has 6 heteroatoms. The first-order valence-corrected chi connectivity index (χ1v) is 6.85. The summed E-state index contributed by atoms with van der Waals surface area (Å²) in [5, 5.41) is 11.6. The molecule has 2 aromatic heterocycles. The first kappa shape index (κ1) is 12.3. The van der Waals surface area contributed by atoms with Gasteiger partial charge < -0.3 is 11.1 Å². The van der Waals surface area contributed by atoms with E-state index in [4.69, 9.17) is 5.73 Å². The van der Waals surface area contributed by atoms with Gasteiger partial charge >= 0.3 is 0 Å². The molecule has 0 atom stereocenters. The van der Waals surface area contributed by atoms with Crippen molar-refractivity contribution in [3.63, 3.8) is 0 Å². The molecule has 0 aliphatic heterocycles. The molecule has 1 aliphatic rings. The van der Waals surface area contributed by atoms with Gasteiger partial charge in [0.15, 0.2) is 5.82 Å². The molecule has 2 aromatic rings. The second kappa shape index (κ2) is 4.77. The fraction of sp³-hybridized carbons (Fsp3) is 0.615. The molecule has 0 unspecified atom stereocenters. The number of anilines is 1. The van der Waals surface area contributed by atoms with E-state index in [0.29, 0.717) is 6.54 Å². The third kappa shape index (κ3) is 2.28. The zero-order valence-corrected chi connectivity index (χ0v) is 11.2. The van der Waals surface area contributed by atoms with Gasteiger partial charge in [-0.2, -0.15) is 0 Å². The van der Waals surface area contributed by atoms with E-state index in [9.17, 15) is 0 Å². The van der Waals surface area contributed by atoms with Crippen LogP contribution in [0.1, 0.15) is 32.6 Å². The van der Waals surface area contributed by atoms with Gasteiger partial charge in [-0.1, -0.05) is 6.92 Å². The van der Waals surface area contributed by atoms with E-state index in [1.807, 2.05) is 10.6 Å². The Morgan fingerprint density at radius 2 is 2.26 bits per heavy atom. The van der Waals surface area contributed by atoms with Crippen LogP contribution in [-0.2, 0) is 0 Å². The van der Waals surface area contributed by atoms with E-state index < -0.39 is 0 Å². The Hall–Kier alpha value is -1.69. The van der Waals surface area contributed by atoms with E-state index in [1.54, 1.807) is 12.5 Å². The van der Waals surface area contributed by atoms with Gasteiger partial charge in [0.2, 0.25) is 5.65 Å². The number of rotatable bonds is 3. The SMILES string of the molecule is CC1CCC(CN)(Nc2nccn3cnnc23)CC1. The lowest BCUT2D eigenvalue weighted by molar-refractivity contribution is 0.271.